The molecule has 0 saturated carbocycles. The van der Waals surface area contributed by atoms with E-state index >= 15 is 0 Å². The second-order valence-electron chi connectivity index (χ2n) is 13.6. The van der Waals surface area contributed by atoms with Gasteiger partial charge in [-0.3, -0.25) is 14.6 Å². The number of hydrogen-bond donors (Lipinski definition) is 0. The van der Waals surface area contributed by atoms with Crippen LogP contribution < -0.4 is 4.74 Å². The van der Waals surface area contributed by atoms with Gasteiger partial charge >= 0.3 is 11.9 Å². The first-order valence-electron chi connectivity index (χ1n) is 16.6. The van der Waals surface area contributed by atoms with Crippen LogP contribution >= 0.6 is 0 Å². The number of ether oxygens (including phenoxy) is 3. The number of piperidine rings is 1. The monoisotopic (exact) mass is 664 g/mol. The molecule has 260 valence electrons. The van der Waals surface area contributed by atoms with Crippen LogP contribution in [-0.2, 0) is 35.1 Å². The van der Waals surface area contributed by atoms with Crippen molar-refractivity contribution in [1.29, 1.82) is 0 Å². The molecule has 0 radical (unpaired) electrons. The quantitative estimate of drug-likeness (QED) is 0.0838. The van der Waals surface area contributed by atoms with Gasteiger partial charge in [-0.1, -0.05) is 40.3 Å². The molecular weight excluding hydrogens is 615 g/mol. The first-order valence-corrected chi connectivity index (χ1v) is 16.6. The molecule has 1 aromatic heterocycles. The molecule has 9 nitrogen and oxygen atoms in total. The molecule has 10 heteroatoms. The van der Waals surface area contributed by atoms with E-state index in [-0.39, 0.29) is 37.3 Å². The number of carbonyl (C=O) groups is 4. The molecule has 1 aliphatic heterocycles. The summed E-state index contributed by atoms with van der Waals surface area (Å²) in [5, 5.41) is 0. The maximum atomic E-state index is 14.9. The molecule has 2 aromatic rings. The van der Waals surface area contributed by atoms with Crippen molar-refractivity contribution >= 4 is 23.6 Å². The highest BCUT2D eigenvalue weighted by Crippen LogP contribution is 2.31. The van der Waals surface area contributed by atoms with Crippen molar-refractivity contribution in [2.75, 3.05) is 19.8 Å². The van der Waals surface area contributed by atoms with Crippen LogP contribution in [0.25, 0.3) is 0 Å². The smallest absolute Gasteiger partial charge is 0.330 e. The molecule has 1 aliphatic rings. The lowest BCUT2D eigenvalue weighted by atomic mass is 9.87. The van der Waals surface area contributed by atoms with E-state index in [0.29, 0.717) is 37.7 Å². The van der Waals surface area contributed by atoms with E-state index in [2.05, 4.69) is 11.6 Å². The van der Waals surface area contributed by atoms with Crippen LogP contribution in [0.5, 0.6) is 5.75 Å². The Morgan fingerprint density at radius 3 is 2.46 bits per heavy atom. The maximum absolute atomic E-state index is 14.9. The van der Waals surface area contributed by atoms with Gasteiger partial charge in [0.25, 0.3) is 5.91 Å². The van der Waals surface area contributed by atoms with Crippen LogP contribution in [0.2, 0.25) is 0 Å². The number of carbonyl (C=O) groups excluding carboxylic acids is 4. The number of ketones is 1. The number of allylic oxidation sites excluding steroid dienone is 1. The molecule has 0 aliphatic carbocycles. The molecule has 1 fully saturated rings. The Balaban J connectivity index is 1.81. The number of pyridine rings is 1. The van der Waals surface area contributed by atoms with Gasteiger partial charge in [-0.25, -0.2) is 14.0 Å². The van der Waals surface area contributed by atoms with Gasteiger partial charge in [0.1, 0.15) is 36.9 Å². The summed E-state index contributed by atoms with van der Waals surface area (Å²) in [7, 11) is 0. The highest BCUT2D eigenvalue weighted by molar-refractivity contribution is 6.38. The van der Waals surface area contributed by atoms with Gasteiger partial charge in [-0.2, -0.15) is 0 Å². The minimum absolute atomic E-state index is 0.145. The standard InChI is InChI=1S/C38H49FN2O7/c1-25(2)11-14-34(42)47-24-38(6,7)35(43)36(44)41-19-9-8-10-32(41)37(45)48-33(13-12-28-15-17-40-18-16-28)29-20-30(39)22-31(21-29)46-23-27(5)26(3)4/h11,14-18,20-22,25-26,32-33H,5,8-10,12-13,19,23-24H2,1-4,6-7H3/t32-,33+/m0/s1. The van der Waals surface area contributed by atoms with E-state index < -0.39 is 47.0 Å². The lowest BCUT2D eigenvalue weighted by Gasteiger charge is -2.36. The molecule has 3 rings (SSSR count). The van der Waals surface area contributed by atoms with E-state index in [4.69, 9.17) is 14.2 Å². The Morgan fingerprint density at radius 2 is 1.79 bits per heavy atom. The van der Waals surface area contributed by atoms with E-state index in [0.717, 1.165) is 11.1 Å². The third-order valence-electron chi connectivity index (χ3n) is 8.25. The van der Waals surface area contributed by atoms with Crippen LogP contribution in [0.3, 0.4) is 0 Å². The summed E-state index contributed by atoms with van der Waals surface area (Å²) in [5.41, 5.74) is 0.884. The number of aryl methyl sites for hydroxylation is 1. The van der Waals surface area contributed by atoms with Crippen molar-refractivity contribution in [2.24, 2.45) is 17.3 Å². The van der Waals surface area contributed by atoms with E-state index in [9.17, 15) is 23.6 Å². The fourth-order valence-electron chi connectivity index (χ4n) is 5.03. The largest absolute Gasteiger partial charge is 0.489 e. The summed E-state index contributed by atoms with van der Waals surface area (Å²) in [4.78, 5) is 58.3. The normalized spacial score (nSPS) is 15.8. The summed E-state index contributed by atoms with van der Waals surface area (Å²) < 4.78 is 32.1. The van der Waals surface area contributed by atoms with Crippen LogP contribution in [0.1, 0.15) is 84.5 Å². The summed E-state index contributed by atoms with van der Waals surface area (Å²) in [6.07, 6.45) is 7.82. The Bertz CT molecular complexity index is 1470. The molecule has 1 amide bonds. The van der Waals surface area contributed by atoms with E-state index in [1.807, 2.05) is 39.8 Å². The maximum Gasteiger partial charge on any atom is 0.330 e. The van der Waals surface area contributed by atoms with Crippen molar-refractivity contribution in [3.05, 3.63) is 84.0 Å². The topological polar surface area (TPSA) is 112 Å². The molecule has 2 atom stereocenters. The number of aromatic nitrogens is 1. The number of Topliss-reactive ketones (excluding diaryl/α,β-unsaturated/α-hetero) is 1. The second kappa shape index (κ2) is 17.7. The fourth-order valence-corrected chi connectivity index (χ4v) is 5.03. The van der Waals surface area contributed by atoms with E-state index in [1.165, 1.54) is 37.0 Å². The number of likely N-dealkylation sites (tertiary alicyclic amines) is 1. The number of esters is 2. The predicted molar refractivity (Wildman–Crippen MR) is 180 cm³/mol. The van der Waals surface area contributed by atoms with Crippen LogP contribution in [0.4, 0.5) is 4.39 Å². The molecule has 1 saturated heterocycles. The Labute approximate surface area is 283 Å². The van der Waals surface area contributed by atoms with Crippen LogP contribution in [-0.4, -0.2) is 59.3 Å². The average molecular weight is 665 g/mol. The van der Waals surface area contributed by atoms with Crippen molar-refractivity contribution in [3.63, 3.8) is 0 Å². The number of rotatable bonds is 16. The molecule has 1 aromatic carbocycles. The second-order valence-corrected chi connectivity index (χ2v) is 13.6. The van der Waals surface area contributed by atoms with Crippen molar-refractivity contribution in [3.8, 4) is 5.75 Å². The zero-order chi connectivity index (χ0) is 35.4. The number of benzene rings is 1. The summed E-state index contributed by atoms with van der Waals surface area (Å²) >= 11 is 0. The molecule has 2 heterocycles. The number of halogens is 1. The third-order valence-corrected chi connectivity index (χ3v) is 8.25. The molecule has 0 unspecified atom stereocenters. The van der Waals surface area contributed by atoms with Crippen LogP contribution in [0.15, 0.2) is 67.0 Å². The third kappa shape index (κ3) is 11.4. The summed E-state index contributed by atoms with van der Waals surface area (Å²) in [6.45, 7) is 15.0. The molecule has 0 spiro atoms. The van der Waals surface area contributed by atoms with Gasteiger partial charge in [0.05, 0.1) is 5.41 Å². The number of amides is 1. The van der Waals surface area contributed by atoms with Crippen molar-refractivity contribution in [1.82, 2.24) is 9.88 Å². The van der Waals surface area contributed by atoms with Gasteiger partial charge in [0.15, 0.2) is 0 Å². The highest BCUT2D eigenvalue weighted by atomic mass is 19.1. The lowest BCUT2D eigenvalue weighted by molar-refractivity contribution is -0.165. The van der Waals surface area contributed by atoms with Crippen LogP contribution in [0, 0.1) is 23.1 Å². The van der Waals surface area contributed by atoms with Crippen molar-refractivity contribution in [2.45, 2.75) is 85.8 Å². The highest BCUT2D eigenvalue weighted by Gasteiger charge is 2.42. The Morgan fingerprint density at radius 1 is 1.08 bits per heavy atom. The number of hydrogen-bond acceptors (Lipinski definition) is 8. The van der Waals surface area contributed by atoms with E-state index in [1.54, 1.807) is 24.5 Å². The average Bonchev–Trinajstić information content (AvgIpc) is 3.06. The molecule has 0 N–H and O–H groups in total. The zero-order valence-electron chi connectivity index (χ0n) is 29.0. The van der Waals surface area contributed by atoms with Gasteiger partial charge in [0, 0.05) is 31.1 Å². The first kappa shape index (κ1) is 38.1. The zero-order valence-corrected chi connectivity index (χ0v) is 29.0. The molecule has 48 heavy (non-hydrogen) atoms. The predicted octanol–water partition coefficient (Wildman–Crippen LogP) is 6.76. The van der Waals surface area contributed by atoms with Gasteiger partial charge < -0.3 is 19.1 Å². The SMILES string of the molecule is C=C(COc1cc(F)cc([C@@H](CCc2ccncc2)OC(=O)[C@@H]2CCCCN2C(=O)C(=O)C(C)(C)COC(=O)C=CC(C)C)c1)C(C)C. The van der Waals surface area contributed by atoms with Gasteiger partial charge in [0.2, 0.25) is 5.78 Å². The number of nitrogens with zero attached hydrogens (tertiary/aromatic N) is 2. The Hall–Kier alpha value is -4.34. The minimum atomic E-state index is -1.32. The fraction of sp³-hybridized carbons (Fsp3) is 0.500. The van der Waals surface area contributed by atoms with Crippen molar-refractivity contribution < 1.29 is 37.8 Å². The minimum Gasteiger partial charge on any atom is -0.489 e. The molecule has 0 bridgehead atoms. The van der Waals surface area contributed by atoms with Gasteiger partial charge in [-0.15, -0.1) is 0 Å². The summed E-state index contributed by atoms with van der Waals surface area (Å²) in [6, 6.07) is 6.92. The first-order chi connectivity index (χ1) is 22.7. The summed E-state index contributed by atoms with van der Waals surface area (Å²) in [5.74, 6) is -2.84. The lowest BCUT2D eigenvalue weighted by Crippen LogP contribution is -2.53. The Kier molecular flexibility index (Phi) is 14.1. The molecular formula is C38H49FN2O7. The van der Waals surface area contributed by atoms with Gasteiger partial charge in [-0.05, 0) is 98.8 Å².